The first kappa shape index (κ1) is 11.7. The molecule has 0 aliphatic heterocycles. The zero-order valence-electron chi connectivity index (χ0n) is 9.73. The molecule has 82 valence electrons. The van der Waals surface area contributed by atoms with Crippen molar-refractivity contribution < 1.29 is 0 Å². The third-order valence-corrected chi connectivity index (χ3v) is 2.45. The van der Waals surface area contributed by atoms with Crippen LogP contribution in [0, 0.1) is 16.7 Å². The van der Waals surface area contributed by atoms with Crippen LogP contribution in [-0.4, -0.2) is 15.6 Å². The van der Waals surface area contributed by atoms with Gasteiger partial charge in [-0.2, -0.15) is 5.26 Å². The van der Waals surface area contributed by atoms with Gasteiger partial charge in [0.2, 0.25) is 5.82 Å². The number of hydrogen-bond donors (Lipinski definition) is 1. The zero-order chi connectivity index (χ0) is 11.6. The summed E-state index contributed by atoms with van der Waals surface area (Å²) in [7, 11) is 0. The second-order valence-electron chi connectivity index (χ2n) is 4.94. The molecule has 1 aromatic heterocycles. The van der Waals surface area contributed by atoms with E-state index in [0.717, 1.165) is 0 Å². The Bertz CT molecular complexity index is 365. The maximum atomic E-state index is 8.93. The molecule has 0 aliphatic rings. The SMILES string of the molecule is CC(N)C(n1ccnc1C#N)C(C)(C)C. The smallest absolute Gasteiger partial charge is 0.213 e. The highest BCUT2D eigenvalue weighted by Gasteiger charge is 2.30. The van der Waals surface area contributed by atoms with Gasteiger partial charge >= 0.3 is 0 Å². The Morgan fingerprint density at radius 3 is 2.53 bits per heavy atom. The highest BCUT2D eigenvalue weighted by molar-refractivity contribution is 5.14. The van der Waals surface area contributed by atoms with Gasteiger partial charge in [-0.15, -0.1) is 0 Å². The van der Waals surface area contributed by atoms with Crippen molar-refractivity contribution in [2.45, 2.75) is 39.8 Å². The summed E-state index contributed by atoms with van der Waals surface area (Å²) in [5, 5.41) is 8.93. The molecule has 2 atom stereocenters. The van der Waals surface area contributed by atoms with Crippen molar-refractivity contribution in [1.82, 2.24) is 9.55 Å². The number of nitrogens with two attached hydrogens (primary N) is 1. The van der Waals surface area contributed by atoms with E-state index < -0.39 is 0 Å². The van der Waals surface area contributed by atoms with Crippen LogP contribution in [0.15, 0.2) is 12.4 Å². The fourth-order valence-corrected chi connectivity index (χ4v) is 2.08. The average molecular weight is 206 g/mol. The van der Waals surface area contributed by atoms with Gasteiger partial charge in [0.1, 0.15) is 6.07 Å². The van der Waals surface area contributed by atoms with Crippen LogP contribution in [0.4, 0.5) is 0 Å². The van der Waals surface area contributed by atoms with Crippen molar-refractivity contribution in [3.63, 3.8) is 0 Å². The Morgan fingerprint density at radius 1 is 1.53 bits per heavy atom. The van der Waals surface area contributed by atoms with Crippen LogP contribution in [-0.2, 0) is 0 Å². The van der Waals surface area contributed by atoms with Gasteiger partial charge in [0.15, 0.2) is 0 Å². The van der Waals surface area contributed by atoms with Gasteiger partial charge in [0.05, 0.1) is 6.04 Å². The number of rotatable bonds is 2. The van der Waals surface area contributed by atoms with Gasteiger partial charge in [-0.3, -0.25) is 0 Å². The van der Waals surface area contributed by atoms with Crippen LogP contribution in [0.3, 0.4) is 0 Å². The molecule has 0 aliphatic carbocycles. The summed E-state index contributed by atoms with van der Waals surface area (Å²) in [6.45, 7) is 8.30. The van der Waals surface area contributed by atoms with Gasteiger partial charge in [-0.25, -0.2) is 4.98 Å². The summed E-state index contributed by atoms with van der Waals surface area (Å²) < 4.78 is 1.87. The van der Waals surface area contributed by atoms with Crippen LogP contribution < -0.4 is 5.73 Å². The van der Waals surface area contributed by atoms with E-state index in [2.05, 4.69) is 31.8 Å². The maximum absolute atomic E-state index is 8.93. The molecule has 0 bridgehead atoms. The Labute approximate surface area is 90.7 Å². The maximum Gasteiger partial charge on any atom is 0.213 e. The van der Waals surface area contributed by atoms with Crippen molar-refractivity contribution in [2.75, 3.05) is 0 Å². The van der Waals surface area contributed by atoms with E-state index in [1.54, 1.807) is 6.20 Å². The van der Waals surface area contributed by atoms with Crippen molar-refractivity contribution in [3.8, 4) is 6.07 Å². The fraction of sp³-hybridized carbons (Fsp3) is 0.636. The third-order valence-electron chi connectivity index (χ3n) is 2.45. The summed E-state index contributed by atoms with van der Waals surface area (Å²) in [6.07, 6.45) is 3.46. The Balaban J connectivity index is 3.18. The molecule has 4 nitrogen and oxygen atoms in total. The molecule has 1 aromatic rings. The van der Waals surface area contributed by atoms with Gasteiger partial charge in [0.25, 0.3) is 0 Å². The van der Waals surface area contributed by atoms with E-state index in [9.17, 15) is 0 Å². The third kappa shape index (κ3) is 2.37. The van der Waals surface area contributed by atoms with Crippen LogP contribution >= 0.6 is 0 Å². The molecule has 0 fully saturated rings. The predicted molar refractivity (Wildman–Crippen MR) is 59.1 cm³/mol. The molecule has 4 heteroatoms. The first-order valence-electron chi connectivity index (χ1n) is 5.06. The van der Waals surface area contributed by atoms with Gasteiger partial charge in [0, 0.05) is 18.4 Å². The minimum absolute atomic E-state index is 0.000463. The first-order chi connectivity index (χ1) is 6.88. The average Bonchev–Trinajstić information content (AvgIpc) is 2.48. The standard InChI is InChI=1S/C11H18N4/c1-8(13)10(11(2,3)4)15-6-5-14-9(15)7-12/h5-6,8,10H,13H2,1-4H3. The number of nitriles is 1. The summed E-state index contributed by atoms with van der Waals surface area (Å²) in [4.78, 5) is 4.00. The summed E-state index contributed by atoms with van der Waals surface area (Å²) in [5.41, 5.74) is 5.98. The van der Waals surface area contributed by atoms with Crippen molar-refractivity contribution in [3.05, 3.63) is 18.2 Å². The van der Waals surface area contributed by atoms with Crippen LogP contribution in [0.5, 0.6) is 0 Å². The summed E-state index contributed by atoms with van der Waals surface area (Å²) in [6, 6.07) is 2.14. The molecule has 2 unspecified atom stereocenters. The lowest BCUT2D eigenvalue weighted by Crippen LogP contribution is -2.38. The molecule has 1 heterocycles. The van der Waals surface area contributed by atoms with Crippen molar-refractivity contribution >= 4 is 0 Å². The monoisotopic (exact) mass is 206 g/mol. The molecule has 0 amide bonds. The van der Waals surface area contributed by atoms with Gasteiger partial charge in [-0.1, -0.05) is 20.8 Å². The van der Waals surface area contributed by atoms with Crippen LogP contribution in [0.2, 0.25) is 0 Å². The predicted octanol–water partition coefficient (Wildman–Crippen LogP) is 1.69. The number of aromatic nitrogens is 2. The highest BCUT2D eigenvalue weighted by Crippen LogP contribution is 2.33. The van der Waals surface area contributed by atoms with E-state index in [1.807, 2.05) is 17.7 Å². The highest BCUT2D eigenvalue weighted by atomic mass is 15.1. The normalized spacial score (nSPS) is 15.7. The molecule has 0 saturated carbocycles. The largest absolute Gasteiger partial charge is 0.326 e. The second-order valence-corrected chi connectivity index (χ2v) is 4.94. The van der Waals surface area contributed by atoms with E-state index >= 15 is 0 Å². The molecule has 0 radical (unpaired) electrons. The van der Waals surface area contributed by atoms with Crippen LogP contribution in [0.25, 0.3) is 0 Å². The molecule has 0 aromatic carbocycles. The quantitative estimate of drug-likeness (QED) is 0.800. The van der Waals surface area contributed by atoms with E-state index in [4.69, 9.17) is 11.0 Å². The number of imidazole rings is 1. The first-order valence-corrected chi connectivity index (χ1v) is 5.06. The number of nitrogens with zero attached hydrogens (tertiary/aromatic N) is 3. The fourth-order valence-electron chi connectivity index (χ4n) is 2.08. The van der Waals surface area contributed by atoms with E-state index in [1.165, 1.54) is 0 Å². The molecular weight excluding hydrogens is 188 g/mol. The van der Waals surface area contributed by atoms with Gasteiger partial charge < -0.3 is 10.3 Å². The Kier molecular flexibility index (Phi) is 3.15. The molecular formula is C11H18N4. The van der Waals surface area contributed by atoms with Gasteiger partial charge in [-0.05, 0) is 12.3 Å². The molecule has 15 heavy (non-hydrogen) atoms. The second kappa shape index (κ2) is 4.03. The van der Waals surface area contributed by atoms with Crippen molar-refractivity contribution in [2.24, 2.45) is 11.1 Å². The number of hydrogen-bond acceptors (Lipinski definition) is 3. The lowest BCUT2D eigenvalue weighted by atomic mass is 9.82. The summed E-state index contributed by atoms with van der Waals surface area (Å²) >= 11 is 0. The molecule has 1 rings (SSSR count). The Hall–Kier alpha value is -1.34. The molecule has 0 spiro atoms. The van der Waals surface area contributed by atoms with E-state index in [0.29, 0.717) is 5.82 Å². The topological polar surface area (TPSA) is 67.6 Å². The lowest BCUT2D eigenvalue weighted by Gasteiger charge is -2.35. The molecule has 2 N–H and O–H groups in total. The summed E-state index contributed by atoms with van der Waals surface area (Å²) in [5.74, 6) is 0.423. The minimum atomic E-state index is -0.0219. The van der Waals surface area contributed by atoms with Crippen LogP contribution in [0.1, 0.15) is 39.6 Å². The van der Waals surface area contributed by atoms with E-state index in [-0.39, 0.29) is 17.5 Å². The minimum Gasteiger partial charge on any atom is -0.326 e. The zero-order valence-corrected chi connectivity index (χ0v) is 9.73. The van der Waals surface area contributed by atoms with Crippen molar-refractivity contribution in [1.29, 1.82) is 5.26 Å². The lowest BCUT2D eigenvalue weighted by molar-refractivity contribution is 0.211. The molecule has 0 saturated heterocycles. The Morgan fingerprint density at radius 2 is 2.13 bits per heavy atom.